The van der Waals surface area contributed by atoms with Gasteiger partial charge in [0.15, 0.2) is 30.5 Å². The molecule has 0 nitrogen and oxygen atoms in total. The summed E-state index contributed by atoms with van der Waals surface area (Å²) in [4.78, 5) is 0. The zero-order valence-electron chi connectivity index (χ0n) is 16.5. The molecule has 0 radical (unpaired) electrons. The minimum atomic E-state index is -3.31. The van der Waals surface area contributed by atoms with E-state index in [-0.39, 0.29) is 17.0 Å². The molecule has 0 aromatic heterocycles. The Morgan fingerprint density at radius 3 is 1.28 bits per heavy atom. The fourth-order valence-corrected chi connectivity index (χ4v) is 8.01. The Hall–Kier alpha value is -2.56. The highest BCUT2D eigenvalue weighted by Gasteiger charge is 2.55. The summed E-state index contributed by atoms with van der Waals surface area (Å²) in [5.41, 5.74) is -0.846. The lowest BCUT2D eigenvalue weighted by Gasteiger charge is -2.30. The molecule has 4 aromatic rings. The highest BCUT2D eigenvalue weighted by Crippen LogP contribution is 2.67. The largest absolute Gasteiger partial charge is 1.00 e. The first-order valence-corrected chi connectivity index (χ1v) is 11.4. The van der Waals surface area contributed by atoms with Crippen LogP contribution in [0.2, 0.25) is 0 Å². The Kier molecular flexibility index (Phi) is 7.47. The van der Waals surface area contributed by atoms with Gasteiger partial charge in [-0.1, -0.05) is 54.6 Å². The first-order valence-electron chi connectivity index (χ1n) is 9.50. The molecule has 32 heavy (non-hydrogen) atoms. The van der Waals surface area contributed by atoms with Gasteiger partial charge in [-0.2, -0.15) is 4.39 Å². The van der Waals surface area contributed by atoms with Gasteiger partial charge in [-0.05, 0) is 42.5 Å². The van der Waals surface area contributed by atoms with Gasteiger partial charge >= 0.3 is 0 Å². The molecule has 1 unspecified atom stereocenters. The van der Waals surface area contributed by atoms with E-state index >= 15 is 4.39 Å². The number of halogens is 6. The first kappa shape index (κ1) is 24.1. The molecular weight excluding hydrogens is 506 g/mol. The predicted octanol–water partition coefficient (Wildman–Crippen LogP) is 3.21. The van der Waals surface area contributed by atoms with Crippen LogP contribution in [0.4, 0.5) is 22.0 Å². The van der Waals surface area contributed by atoms with Crippen LogP contribution in [0.5, 0.6) is 0 Å². The lowest BCUT2D eigenvalue weighted by atomic mass is 10.2. The van der Waals surface area contributed by atoms with Crippen LogP contribution in [0, 0.1) is 23.3 Å². The van der Waals surface area contributed by atoms with E-state index in [9.17, 15) is 17.6 Å². The fraction of sp³-hybridized carbons (Fsp3) is 0.0400. The fourth-order valence-electron chi connectivity index (χ4n) is 3.80. The minimum absolute atomic E-state index is 0. The molecule has 0 saturated carbocycles. The summed E-state index contributed by atoms with van der Waals surface area (Å²) >= 11 is 0. The molecular formula is C25H17BrF5P. The summed E-state index contributed by atoms with van der Waals surface area (Å²) < 4.78 is 73.1. The van der Waals surface area contributed by atoms with Crippen LogP contribution < -0.4 is 32.9 Å². The highest BCUT2D eigenvalue weighted by atomic mass is 79.9. The van der Waals surface area contributed by atoms with Gasteiger partial charge in [-0.15, -0.1) is 0 Å². The van der Waals surface area contributed by atoms with Crippen molar-refractivity contribution in [2.24, 2.45) is 0 Å². The molecule has 0 spiro atoms. The van der Waals surface area contributed by atoms with Crippen molar-refractivity contribution >= 4 is 23.2 Å². The highest BCUT2D eigenvalue weighted by molar-refractivity contribution is 7.95. The lowest BCUT2D eigenvalue weighted by molar-refractivity contribution is -0.00000857. The van der Waals surface area contributed by atoms with Crippen molar-refractivity contribution in [3.05, 3.63) is 126 Å². The Morgan fingerprint density at radius 1 is 0.531 bits per heavy atom. The standard InChI is InChI=1S/C25H17F5P.BrH/c26-21-16-20(22(27)24(29)23(21)28)25(30)31(17-10-4-1-5-11-17,18-12-6-2-7-13-18)19-14-8-3-9-15-19;/h1-16,25H;1H/q+1;/p-1. The molecule has 0 heterocycles. The number of hydrogen-bond donors (Lipinski definition) is 0. The Labute approximate surface area is 193 Å². The average molecular weight is 523 g/mol. The van der Waals surface area contributed by atoms with Gasteiger partial charge in [-0.3, -0.25) is 0 Å². The SMILES string of the molecule is Fc1cc(C(F)[P+](c2ccccc2)(c2ccccc2)c2ccccc2)c(F)c(F)c1F.[Br-]. The summed E-state index contributed by atoms with van der Waals surface area (Å²) in [6.45, 7) is 0. The van der Waals surface area contributed by atoms with E-state index in [0.29, 0.717) is 22.0 Å². The number of benzene rings is 4. The lowest BCUT2D eigenvalue weighted by Crippen LogP contribution is -3.00. The second-order valence-electron chi connectivity index (χ2n) is 6.95. The maximum Gasteiger partial charge on any atom is 0.247 e. The van der Waals surface area contributed by atoms with Gasteiger partial charge in [0.05, 0.1) is 5.56 Å². The van der Waals surface area contributed by atoms with Crippen LogP contribution in [0.25, 0.3) is 0 Å². The van der Waals surface area contributed by atoms with Crippen LogP contribution in [-0.2, 0) is 0 Å². The molecule has 164 valence electrons. The van der Waals surface area contributed by atoms with E-state index < -0.39 is 42.0 Å². The van der Waals surface area contributed by atoms with E-state index in [4.69, 9.17) is 0 Å². The van der Waals surface area contributed by atoms with E-state index in [1.165, 1.54) is 0 Å². The Morgan fingerprint density at radius 2 is 0.906 bits per heavy atom. The maximum atomic E-state index is 16.6. The predicted molar refractivity (Wildman–Crippen MR) is 115 cm³/mol. The van der Waals surface area contributed by atoms with Gasteiger partial charge in [0.25, 0.3) is 0 Å². The van der Waals surface area contributed by atoms with Gasteiger partial charge in [0, 0.05) is 0 Å². The second kappa shape index (κ2) is 9.93. The zero-order chi connectivity index (χ0) is 22.0. The van der Waals surface area contributed by atoms with Crippen molar-refractivity contribution in [1.29, 1.82) is 0 Å². The molecule has 0 fully saturated rings. The molecule has 0 aliphatic carbocycles. The summed E-state index contributed by atoms with van der Waals surface area (Å²) in [6.07, 6.45) is 0. The van der Waals surface area contributed by atoms with Crippen LogP contribution in [0.15, 0.2) is 97.1 Å². The topological polar surface area (TPSA) is 0 Å². The molecule has 4 aromatic carbocycles. The van der Waals surface area contributed by atoms with Crippen molar-refractivity contribution < 1.29 is 38.9 Å². The van der Waals surface area contributed by atoms with Gasteiger partial charge < -0.3 is 17.0 Å². The normalized spacial score (nSPS) is 12.2. The van der Waals surface area contributed by atoms with Gasteiger partial charge in [-0.25, -0.2) is 17.6 Å². The van der Waals surface area contributed by atoms with Crippen molar-refractivity contribution in [2.45, 2.75) is 5.91 Å². The minimum Gasteiger partial charge on any atom is -1.00 e. The van der Waals surface area contributed by atoms with Crippen molar-refractivity contribution in [1.82, 2.24) is 0 Å². The van der Waals surface area contributed by atoms with E-state index in [0.717, 1.165) is 0 Å². The van der Waals surface area contributed by atoms with Crippen molar-refractivity contribution in [3.8, 4) is 0 Å². The average Bonchev–Trinajstić information content (AvgIpc) is 2.82. The third-order valence-corrected chi connectivity index (χ3v) is 9.51. The summed E-state index contributed by atoms with van der Waals surface area (Å²) in [5, 5.41) is 1.68. The van der Waals surface area contributed by atoms with Crippen LogP contribution in [0.3, 0.4) is 0 Å². The molecule has 0 saturated heterocycles. The molecule has 0 aliphatic heterocycles. The molecule has 0 amide bonds. The van der Waals surface area contributed by atoms with Crippen LogP contribution in [0.1, 0.15) is 11.5 Å². The molecule has 7 heteroatoms. The van der Waals surface area contributed by atoms with Gasteiger partial charge in [0.1, 0.15) is 15.9 Å². The van der Waals surface area contributed by atoms with E-state index in [1.54, 1.807) is 91.0 Å². The molecule has 0 aliphatic rings. The van der Waals surface area contributed by atoms with Crippen molar-refractivity contribution in [2.75, 3.05) is 0 Å². The number of alkyl halides is 1. The first-order chi connectivity index (χ1) is 15.0. The Bertz CT molecular complexity index is 1090. The number of rotatable bonds is 5. The van der Waals surface area contributed by atoms with Crippen molar-refractivity contribution in [3.63, 3.8) is 0 Å². The zero-order valence-corrected chi connectivity index (χ0v) is 19.0. The van der Waals surface area contributed by atoms with Crippen LogP contribution in [-0.4, -0.2) is 0 Å². The monoisotopic (exact) mass is 522 g/mol. The second-order valence-corrected chi connectivity index (χ2v) is 10.4. The summed E-state index contributed by atoms with van der Waals surface area (Å²) in [7, 11) is -3.31. The quantitative estimate of drug-likeness (QED) is 0.163. The maximum absolute atomic E-state index is 16.6. The summed E-state index contributed by atoms with van der Waals surface area (Å²) in [5.74, 6) is -9.51. The smallest absolute Gasteiger partial charge is 0.247 e. The third kappa shape index (κ3) is 3.98. The molecule has 1 atom stereocenters. The van der Waals surface area contributed by atoms with Crippen LogP contribution >= 0.6 is 7.26 Å². The molecule has 4 rings (SSSR count). The third-order valence-electron chi connectivity index (χ3n) is 5.22. The Balaban J connectivity index is 0.00000289. The van der Waals surface area contributed by atoms with E-state index in [2.05, 4.69) is 0 Å². The summed E-state index contributed by atoms with van der Waals surface area (Å²) in [6, 6.07) is 26.4. The van der Waals surface area contributed by atoms with Gasteiger partial charge in [0.2, 0.25) is 5.91 Å². The van der Waals surface area contributed by atoms with E-state index in [1.807, 2.05) is 0 Å². The number of hydrogen-bond acceptors (Lipinski definition) is 0. The molecule has 0 N–H and O–H groups in total. The molecule has 0 bridgehead atoms.